The van der Waals surface area contributed by atoms with Crippen LogP contribution in [0.25, 0.3) is 0 Å². The van der Waals surface area contributed by atoms with E-state index in [2.05, 4.69) is 5.32 Å². The number of nitrogens with zero attached hydrogens (tertiary/aromatic N) is 3. The first kappa shape index (κ1) is 15.4. The molecule has 0 saturated carbocycles. The molecule has 0 radical (unpaired) electrons. The Balaban J connectivity index is 2.74. The summed E-state index contributed by atoms with van der Waals surface area (Å²) < 4.78 is 0. The monoisotopic (exact) mass is 276 g/mol. The number of anilines is 1. The molecule has 0 aliphatic rings. The maximum Gasteiger partial charge on any atom is 0.287 e. The lowest BCUT2D eigenvalue weighted by molar-refractivity contribution is -0.385. The van der Waals surface area contributed by atoms with Gasteiger partial charge in [0, 0.05) is 38.8 Å². The third-order valence-corrected chi connectivity index (χ3v) is 2.91. The lowest BCUT2D eigenvalue weighted by Gasteiger charge is -2.19. The SMILES string of the molecule is CNC(=O)CCCN(C)c1ccc([N+](=O)[O-])c(C#N)c1. The Labute approximate surface area is 117 Å². The zero-order valence-electron chi connectivity index (χ0n) is 11.4. The van der Waals surface area contributed by atoms with Crippen LogP contribution in [0.4, 0.5) is 11.4 Å². The van der Waals surface area contributed by atoms with Gasteiger partial charge in [0.2, 0.25) is 5.91 Å². The third-order valence-electron chi connectivity index (χ3n) is 2.91. The number of hydrogen-bond acceptors (Lipinski definition) is 5. The molecule has 0 saturated heterocycles. The molecule has 0 aliphatic heterocycles. The van der Waals surface area contributed by atoms with E-state index >= 15 is 0 Å². The fraction of sp³-hybridized carbons (Fsp3) is 0.385. The normalized spacial score (nSPS) is 9.65. The summed E-state index contributed by atoms with van der Waals surface area (Å²) in [6, 6.07) is 6.23. The summed E-state index contributed by atoms with van der Waals surface area (Å²) in [5.41, 5.74) is 0.546. The molecule has 1 aromatic rings. The van der Waals surface area contributed by atoms with Crippen LogP contribution in [0.1, 0.15) is 18.4 Å². The summed E-state index contributed by atoms with van der Waals surface area (Å²) in [7, 11) is 3.40. The summed E-state index contributed by atoms with van der Waals surface area (Å²) in [5.74, 6) is -0.0280. The lowest BCUT2D eigenvalue weighted by Crippen LogP contribution is -2.22. The van der Waals surface area contributed by atoms with Crippen LogP contribution in [0.15, 0.2) is 18.2 Å². The Morgan fingerprint density at radius 2 is 2.25 bits per heavy atom. The van der Waals surface area contributed by atoms with Gasteiger partial charge in [-0.3, -0.25) is 14.9 Å². The van der Waals surface area contributed by atoms with Gasteiger partial charge >= 0.3 is 0 Å². The van der Waals surface area contributed by atoms with Crippen molar-refractivity contribution in [2.45, 2.75) is 12.8 Å². The molecule has 1 aromatic carbocycles. The number of nitrogens with one attached hydrogen (secondary N) is 1. The predicted octanol–water partition coefficient (Wildman–Crippen LogP) is 1.43. The second-order valence-electron chi connectivity index (χ2n) is 4.27. The van der Waals surface area contributed by atoms with Gasteiger partial charge in [0.25, 0.3) is 5.69 Å². The summed E-state index contributed by atoms with van der Waals surface area (Å²) in [4.78, 5) is 23.1. The van der Waals surface area contributed by atoms with Crippen molar-refractivity contribution in [1.82, 2.24) is 5.32 Å². The second kappa shape index (κ2) is 7.09. The fourth-order valence-corrected chi connectivity index (χ4v) is 1.74. The average molecular weight is 276 g/mol. The minimum absolute atomic E-state index is 0.0280. The van der Waals surface area contributed by atoms with Crippen LogP contribution in [-0.2, 0) is 4.79 Å². The Morgan fingerprint density at radius 1 is 1.55 bits per heavy atom. The van der Waals surface area contributed by atoms with E-state index in [1.54, 1.807) is 13.1 Å². The van der Waals surface area contributed by atoms with Crippen LogP contribution in [0.2, 0.25) is 0 Å². The van der Waals surface area contributed by atoms with Crippen molar-refractivity contribution in [3.05, 3.63) is 33.9 Å². The highest BCUT2D eigenvalue weighted by Crippen LogP contribution is 2.23. The first-order valence-corrected chi connectivity index (χ1v) is 6.10. The second-order valence-corrected chi connectivity index (χ2v) is 4.27. The standard InChI is InChI=1S/C13H16N4O3/c1-15-13(18)4-3-7-16(2)11-5-6-12(17(19)20)10(8-11)9-14/h5-6,8H,3-4,7H2,1-2H3,(H,15,18). The third kappa shape index (κ3) is 3.95. The number of nitro benzene ring substituents is 1. The molecular formula is C13H16N4O3. The van der Waals surface area contributed by atoms with Gasteiger partial charge in [-0.05, 0) is 18.6 Å². The maximum absolute atomic E-state index is 11.1. The van der Waals surface area contributed by atoms with Crippen LogP contribution in [0.5, 0.6) is 0 Å². The lowest BCUT2D eigenvalue weighted by atomic mass is 10.1. The highest BCUT2D eigenvalue weighted by molar-refractivity contribution is 5.75. The van der Waals surface area contributed by atoms with Gasteiger partial charge < -0.3 is 10.2 Å². The topological polar surface area (TPSA) is 99.3 Å². The molecule has 0 unspecified atom stereocenters. The van der Waals surface area contributed by atoms with Crippen molar-refractivity contribution in [2.24, 2.45) is 0 Å². The van der Waals surface area contributed by atoms with Crippen molar-refractivity contribution in [3.63, 3.8) is 0 Å². The number of nitriles is 1. The molecule has 0 aliphatic carbocycles. The molecule has 20 heavy (non-hydrogen) atoms. The van der Waals surface area contributed by atoms with E-state index < -0.39 is 4.92 Å². The first-order chi connectivity index (χ1) is 9.49. The van der Waals surface area contributed by atoms with Crippen molar-refractivity contribution in [2.75, 3.05) is 25.5 Å². The molecule has 1 rings (SSSR count). The van der Waals surface area contributed by atoms with Gasteiger partial charge in [0.05, 0.1) is 4.92 Å². The molecule has 0 aromatic heterocycles. The average Bonchev–Trinajstić information content (AvgIpc) is 2.45. The number of rotatable bonds is 6. The van der Waals surface area contributed by atoms with Gasteiger partial charge in [-0.2, -0.15) is 5.26 Å². The van der Waals surface area contributed by atoms with Gasteiger partial charge in [-0.15, -0.1) is 0 Å². The Bertz CT molecular complexity index is 551. The summed E-state index contributed by atoms with van der Waals surface area (Å²) in [6.45, 7) is 0.621. The number of benzene rings is 1. The van der Waals surface area contributed by atoms with E-state index in [-0.39, 0.29) is 17.2 Å². The number of amides is 1. The minimum atomic E-state index is -0.575. The van der Waals surface area contributed by atoms with E-state index in [0.717, 1.165) is 0 Å². The molecule has 106 valence electrons. The van der Waals surface area contributed by atoms with Crippen LogP contribution in [0.3, 0.4) is 0 Å². The smallest absolute Gasteiger partial charge is 0.287 e. The quantitative estimate of drug-likeness (QED) is 0.626. The summed E-state index contributed by atoms with van der Waals surface area (Å²) in [5, 5.41) is 22.2. The van der Waals surface area contributed by atoms with Crippen molar-refractivity contribution in [1.29, 1.82) is 5.26 Å². The van der Waals surface area contributed by atoms with E-state index in [0.29, 0.717) is 25.1 Å². The van der Waals surface area contributed by atoms with E-state index in [1.807, 2.05) is 18.0 Å². The van der Waals surface area contributed by atoms with E-state index in [1.165, 1.54) is 12.1 Å². The zero-order chi connectivity index (χ0) is 15.1. The van der Waals surface area contributed by atoms with Crippen molar-refractivity contribution < 1.29 is 9.72 Å². The maximum atomic E-state index is 11.1. The summed E-state index contributed by atoms with van der Waals surface area (Å²) >= 11 is 0. The molecule has 0 heterocycles. The molecule has 0 atom stereocenters. The van der Waals surface area contributed by atoms with Crippen LogP contribution in [-0.4, -0.2) is 31.5 Å². The molecule has 1 N–H and O–H groups in total. The highest BCUT2D eigenvalue weighted by atomic mass is 16.6. The first-order valence-electron chi connectivity index (χ1n) is 6.10. The largest absolute Gasteiger partial charge is 0.375 e. The van der Waals surface area contributed by atoms with Gasteiger partial charge in [0.15, 0.2) is 0 Å². The summed E-state index contributed by atoms with van der Waals surface area (Å²) in [6.07, 6.45) is 1.08. The molecule has 7 heteroatoms. The van der Waals surface area contributed by atoms with Crippen molar-refractivity contribution >= 4 is 17.3 Å². The van der Waals surface area contributed by atoms with E-state index in [9.17, 15) is 14.9 Å². The highest BCUT2D eigenvalue weighted by Gasteiger charge is 2.15. The van der Waals surface area contributed by atoms with E-state index in [4.69, 9.17) is 5.26 Å². The van der Waals surface area contributed by atoms with Crippen LogP contribution in [0, 0.1) is 21.4 Å². The molecule has 0 spiro atoms. The molecule has 0 fully saturated rings. The molecule has 7 nitrogen and oxygen atoms in total. The zero-order valence-corrected chi connectivity index (χ0v) is 11.4. The number of carbonyl (C=O) groups excluding carboxylic acids is 1. The van der Waals surface area contributed by atoms with Gasteiger partial charge in [-0.1, -0.05) is 0 Å². The van der Waals surface area contributed by atoms with Crippen molar-refractivity contribution in [3.8, 4) is 6.07 Å². The number of hydrogen-bond donors (Lipinski definition) is 1. The van der Waals surface area contributed by atoms with Gasteiger partial charge in [-0.25, -0.2) is 0 Å². The van der Waals surface area contributed by atoms with Crippen LogP contribution < -0.4 is 10.2 Å². The van der Waals surface area contributed by atoms with Crippen LogP contribution >= 0.6 is 0 Å². The predicted molar refractivity (Wildman–Crippen MR) is 74.4 cm³/mol. The van der Waals surface area contributed by atoms with Gasteiger partial charge in [0.1, 0.15) is 11.6 Å². The minimum Gasteiger partial charge on any atom is -0.375 e. The fourth-order valence-electron chi connectivity index (χ4n) is 1.74. The molecule has 0 bridgehead atoms. The number of nitro groups is 1. The Kier molecular flexibility index (Phi) is 5.47. The Hall–Kier alpha value is -2.62. The molecule has 1 amide bonds. The number of carbonyl (C=O) groups is 1. The molecular weight excluding hydrogens is 260 g/mol. The Morgan fingerprint density at radius 3 is 2.80 bits per heavy atom.